The van der Waals surface area contributed by atoms with Gasteiger partial charge in [-0.15, -0.1) is 0 Å². The lowest BCUT2D eigenvalue weighted by Gasteiger charge is -2.31. The van der Waals surface area contributed by atoms with Crippen molar-refractivity contribution in [2.24, 2.45) is 0 Å². The SMILES string of the molecule is CN1CCCC[C@H]1CC(=O)NCCc1nc2ccccc2o1. The Bertz CT molecular complexity index is 605. The average Bonchev–Trinajstić information content (AvgIpc) is 2.92. The predicted molar refractivity (Wildman–Crippen MR) is 85.6 cm³/mol. The number of rotatable bonds is 5. The molecule has 5 heteroatoms. The highest BCUT2D eigenvalue weighted by Gasteiger charge is 2.21. The number of hydrogen-bond donors (Lipinski definition) is 1. The molecule has 0 bridgehead atoms. The molecule has 22 heavy (non-hydrogen) atoms. The molecule has 1 N–H and O–H groups in total. The molecule has 3 rings (SSSR count). The van der Waals surface area contributed by atoms with Gasteiger partial charge < -0.3 is 14.6 Å². The molecule has 1 aliphatic heterocycles. The Morgan fingerprint density at radius 3 is 3.09 bits per heavy atom. The molecular weight excluding hydrogens is 278 g/mol. The number of aromatic nitrogens is 1. The number of piperidine rings is 1. The molecule has 0 radical (unpaired) electrons. The number of para-hydroxylation sites is 2. The lowest BCUT2D eigenvalue weighted by molar-refractivity contribution is -0.122. The maximum atomic E-state index is 12.0. The zero-order chi connectivity index (χ0) is 15.4. The number of nitrogens with one attached hydrogen (secondary N) is 1. The van der Waals surface area contributed by atoms with Gasteiger partial charge in [0.05, 0.1) is 0 Å². The fraction of sp³-hybridized carbons (Fsp3) is 0.529. The van der Waals surface area contributed by atoms with Gasteiger partial charge in [-0.3, -0.25) is 4.79 Å². The van der Waals surface area contributed by atoms with Crippen LogP contribution >= 0.6 is 0 Å². The summed E-state index contributed by atoms with van der Waals surface area (Å²) in [6.07, 6.45) is 4.80. The fourth-order valence-electron chi connectivity index (χ4n) is 3.02. The van der Waals surface area contributed by atoms with E-state index in [0.29, 0.717) is 31.3 Å². The van der Waals surface area contributed by atoms with Crippen molar-refractivity contribution in [3.05, 3.63) is 30.2 Å². The Labute approximate surface area is 130 Å². The summed E-state index contributed by atoms with van der Waals surface area (Å²) in [4.78, 5) is 18.7. The van der Waals surface area contributed by atoms with Crippen molar-refractivity contribution < 1.29 is 9.21 Å². The van der Waals surface area contributed by atoms with Crippen LogP contribution in [0.4, 0.5) is 0 Å². The third-order valence-corrected chi connectivity index (χ3v) is 4.34. The van der Waals surface area contributed by atoms with E-state index in [4.69, 9.17) is 4.42 Å². The minimum absolute atomic E-state index is 0.120. The minimum Gasteiger partial charge on any atom is -0.441 e. The molecule has 5 nitrogen and oxygen atoms in total. The first-order valence-corrected chi connectivity index (χ1v) is 8.04. The highest BCUT2D eigenvalue weighted by molar-refractivity contribution is 5.76. The van der Waals surface area contributed by atoms with Crippen LogP contribution in [0.25, 0.3) is 11.1 Å². The smallest absolute Gasteiger partial charge is 0.221 e. The Kier molecular flexibility index (Phi) is 4.73. The second-order valence-corrected chi connectivity index (χ2v) is 6.01. The molecule has 1 amide bonds. The molecule has 0 spiro atoms. The number of hydrogen-bond acceptors (Lipinski definition) is 4. The summed E-state index contributed by atoms with van der Waals surface area (Å²) in [7, 11) is 2.11. The quantitative estimate of drug-likeness (QED) is 0.921. The van der Waals surface area contributed by atoms with Gasteiger partial charge in [0.25, 0.3) is 0 Å². The van der Waals surface area contributed by atoms with E-state index in [2.05, 4.69) is 22.2 Å². The van der Waals surface area contributed by atoms with Crippen LogP contribution in [0, 0.1) is 0 Å². The van der Waals surface area contributed by atoms with E-state index in [0.717, 1.165) is 24.1 Å². The predicted octanol–water partition coefficient (Wildman–Crippen LogP) is 2.36. The molecule has 1 atom stereocenters. The monoisotopic (exact) mass is 301 g/mol. The van der Waals surface area contributed by atoms with Crippen molar-refractivity contribution in [2.75, 3.05) is 20.1 Å². The van der Waals surface area contributed by atoms with Crippen molar-refractivity contribution >= 4 is 17.0 Å². The molecule has 1 aromatic heterocycles. The third-order valence-electron chi connectivity index (χ3n) is 4.34. The third kappa shape index (κ3) is 3.65. The molecule has 1 fully saturated rings. The van der Waals surface area contributed by atoms with Gasteiger partial charge in [0, 0.05) is 25.4 Å². The maximum Gasteiger partial charge on any atom is 0.221 e. The zero-order valence-corrected chi connectivity index (χ0v) is 13.0. The summed E-state index contributed by atoms with van der Waals surface area (Å²) in [5, 5.41) is 2.98. The highest BCUT2D eigenvalue weighted by atomic mass is 16.3. The van der Waals surface area contributed by atoms with Gasteiger partial charge >= 0.3 is 0 Å². The molecular formula is C17H23N3O2. The molecule has 0 unspecified atom stereocenters. The van der Waals surface area contributed by atoms with E-state index in [1.165, 1.54) is 12.8 Å². The van der Waals surface area contributed by atoms with Crippen LogP contribution in [0.15, 0.2) is 28.7 Å². The summed E-state index contributed by atoms with van der Waals surface area (Å²) >= 11 is 0. The first-order chi connectivity index (χ1) is 10.7. The fourth-order valence-corrected chi connectivity index (χ4v) is 3.02. The molecule has 0 saturated carbocycles. The number of nitrogens with zero attached hydrogens (tertiary/aromatic N) is 2. The van der Waals surface area contributed by atoms with E-state index in [1.54, 1.807) is 0 Å². The van der Waals surface area contributed by atoms with Gasteiger partial charge in [0.1, 0.15) is 5.52 Å². The topological polar surface area (TPSA) is 58.4 Å². The zero-order valence-electron chi connectivity index (χ0n) is 13.0. The van der Waals surface area contributed by atoms with Gasteiger partial charge in [-0.2, -0.15) is 0 Å². The molecule has 2 heterocycles. The first kappa shape index (κ1) is 15.0. The van der Waals surface area contributed by atoms with Crippen LogP contribution in [0.2, 0.25) is 0 Å². The Morgan fingerprint density at radius 2 is 2.27 bits per heavy atom. The first-order valence-electron chi connectivity index (χ1n) is 8.04. The molecule has 118 valence electrons. The number of benzene rings is 1. The summed E-state index contributed by atoms with van der Waals surface area (Å²) in [5.74, 6) is 0.797. The molecule has 1 aromatic carbocycles. The van der Waals surface area contributed by atoms with Crippen LogP contribution < -0.4 is 5.32 Å². The van der Waals surface area contributed by atoms with Crippen LogP contribution in [-0.2, 0) is 11.2 Å². The van der Waals surface area contributed by atoms with Crippen molar-refractivity contribution in [3.8, 4) is 0 Å². The second-order valence-electron chi connectivity index (χ2n) is 6.01. The van der Waals surface area contributed by atoms with E-state index in [-0.39, 0.29) is 5.91 Å². The molecule has 1 aliphatic rings. The lowest BCUT2D eigenvalue weighted by atomic mass is 10.00. The van der Waals surface area contributed by atoms with Crippen LogP contribution in [0.5, 0.6) is 0 Å². The van der Waals surface area contributed by atoms with Crippen molar-refractivity contribution in [1.29, 1.82) is 0 Å². The van der Waals surface area contributed by atoms with Gasteiger partial charge in [-0.25, -0.2) is 4.98 Å². The van der Waals surface area contributed by atoms with Gasteiger partial charge in [0.2, 0.25) is 5.91 Å². The Hall–Kier alpha value is -1.88. The summed E-state index contributed by atoms with van der Waals surface area (Å²) in [5.41, 5.74) is 1.67. The van der Waals surface area contributed by atoms with Crippen LogP contribution in [0.3, 0.4) is 0 Å². The molecule has 1 saturated heterocycles. The second kappa shape index (κ2) is 6.92. The standard InChI is InChI=1S/C17H23N3O2/c1-20-11-5-4-6-13(20)12-16(21)18-10-9-17-19-14-7-2-3-8-15(14)22-17/h2-3,7-8,13H,4-6,9-12H2,1H3,(H,18,21)/t13-/m0/s1. The van der Waals surface area contributed by atoms with E-state index in [9.17, 15) is 4.79 Å². The van der Waals surface area contributed by atoms with E-state index in [1.807, 2.05) is 24.3 Å². The summed E-state index contributed by atoms with van der Waals surface area (Å²) in [6, 6.07) is 8.10. The maximum absolute atomic E-state index is 12.0. The van der Waals surface area contributed by atoms with Crippen molar-refractivity contribution in [1.82, 2.24) is 15.2 Å². The minimum atomic E-state index is 0.120. The number of amides is 1. The van der Waals surface area contributed by atoms with Crippen molar-refractivity contribution in [2.45, 2.75) is 38.1 Å². The number of carbonyl (C=O) groups is 1. The highest BCUT2D eigenvalue weighted by Crippen LogP contribution is 2.17. The summed E-state index contributed by atoms with van der Waals surface area (Å²) in [6.45, 7) is 1.67. The van der Waals surface area contributed by atoms with Gasteiger partial charge in [-0.1, -0.05) is 18.6 Å². The van der Waals surface area contributed by atoms with Crippen LogP contribution in [-0.4, -0.2) is 42.0 Å². The normalized spacial score (nSPS) is 19.4. The van der Waals surface area contributed by atoms with Gasteiger partial charge in [0.15, 0.2) is 11.5 Å². The van der Waals surface area contributed by atoms with Gasteiger partial charge in [-0.05, 0) is 38.6 Å². The largest absolute Gasteiger partial charge is 0.441 e. The number of fused-ring (bicyclic) bond motifs is 1. The van der Waals surface area contributed by atoms with Crippen LogP contribution in [0.1, 0.15) is 31.6 Å². The van der Waals surface area contributed by atoms with E-state index < -0.39 is 0 Å². The number of likely N-dealkylation sites (tertiary alicyclic amines) is 1. The molecule has 0 aliphatic carbocycles. The Morgan fingerprint density at radius 1 is 1.41 bits per heavy atom. The summed E-state index contributed by atoms with van der Waals surface area (Å²) < 4.78 is 5.65. The lowest BCUT2D eigenvalue weighted by Crippen LogP contribution is -2.40. The number of carbonyl (C=O) groups excluding carboxylic acids is 1. The number of oxazole rings is 1. The van der Waals surface area contributed by atoms with Crippen molar-refractivity contribution in [3.63, 3.8) is 0 Å². The van der Waals surface area contributed by atoms with E-state index >= 15 is 0 Å². The Balaban J connectivity index is 1.45. The molecule has 2 aromatic rings. The average molecular weight is 301 g/mol.